The number of hydrogen-bond donors (Lipinski definition) is 1. The Morgan fingerprint density at radius 3 is 3.00 bits per heavy atom. The second-order valence-corrected chi connectivity index (χ2v) is 7.48. The second-order valence-electron chi connectivity index (χ2n) is 7.48. The Balaban J connectivity index is 1.57. The summed E-state index contributed by atoms with van der Waals surface area (Å²) in [4.78, 5) is 17.5. The summed E-state index contributed by atoms with van der Waals surface area (Å²) in [6.07, 6.45) is 4.72. The van der Waals surface area contributed by atoms with Crippen molar-refractivity contribution in [3.05, 3.63) is 23.9 Å². The lowest BCUT2D eigenvalue weighted by Crippen LogP contribution is -2.40. The van der Waals surface area contributed by atoms with Crippen molar-refractivity contribution < 1.29 is 9.53 Å². The van der Waals surface area contributed by atoms with Gasteiger partial charge in [0.2, 0.25) is 0 Å². The first-order valence-electron chi connectivity index (χ1n) is 9.08. The molecule has 1 N–H and O–H groups in total. The third kappa shape index (κ3) is 2.78. The average Bonchev–Trinajstić information content (AvgIpc) is 3.24. The number of carbonyl (C=O) groups is 1. The van der Waals surface area contributed by atoms with Crippen LogP contribution in [0, 0.1) is 5.92 Å². The Bertz CT molecular complexity index is 787. The van der Waals surface area contributed by atoms with Gasteiger partial charge in [0.1, 0.15) is 5.75 Å². The number of aromatic amines is 1. The predicted octanol–water partition coefficient (Wildman–Crippen LogP) is 2.52. The largest absolute Gasteiger partial charge is 0.497 e. The van der Waals surface area contributed by atoms with Crippen LogP contribution in [-0.4, -0.2) is 65.7 Å². The molecule has 1 aromatic heterocycles. The highest BCUT2D eigenvalue weighted by atomic mass is 16.5. The van der Waals surface area contributed by atoms with Gasteiger partial charge in [-0.05, 0) is 63.4 Å². The molecule has 2 fully saturated rings. The Hall–Kier alpha value is -2.08. The molecule has 1 amide bonds. The first kappa shape index (κ1) is 16.4. The van der Waals surface area contributed by atoms with E-state index in [2.05, 4.69) is 22.1 Å². The lowest BCUT2D eigenvalue weighted by Gasteiger charge is -2.34. The highest BCUT2D eigenvalue weighted by Gasteiger charge is 2.41. The minimum absolute atomic E-state index is 0.00852. The molecule has 134 valence electrons. The number of fused-ring (bicyclic) bond motifs is 2. The quantitative estimate of drug-likeness (QED) is 0.931. The van der Waals surface area contributed by atoms with Crippen molar-refractivity contribution in [1.29, 1.82) is 0 Å². The third-order valence-electron chi connectivity index (χ3n) is 6.13. The van der Waals surface area contributed by atoms with E-state index in [9.17, 15) is 4.79 Å². The minimum atomic E-state index is -0.00852. The lowest BCUT2D eigenvalue weighted by atomic mass is 9.92. The van der Waals surface area contributed by atoms with Crippen molar-refractivity contribution in [3.63, 3.8) is 0 Å². The molecule has 2 heterocycles. The fraction of sp³-hybridized carbons (Fsp3) is 0.579. The maximum atomic E-state index is 13.1. The number of carbonyl (C=O) groups excluding carboxylic acids is 1. The topological polar surface area (TPSA) is 61.5 Å². The number of ether oxygens (including phenoxy) is 1. The number of H-pyrrole nitrogens is 1. The first-order valence-corrected chi connectivity index (χ1v) is 9.08. The van der Waals surface area contributed by atoms with E-state index in [4.69, 9.17) is 4.74 Å². The molecule has 0 radical (unpaired) electrons. The Morgan fingerprint density at radius 2 is 2.24 bits per heavy atom. The van der Waals surface area contributed by atoms with Gasteiger partial charge < -0.3 is 14.5 Å². The summed E-state index contributed by atoms with van der Waals surface area (Å²) in [5, 5.41) is 8.07. The molecule has 0 spiro atoms. The van der Waals surface area contributed by atoms with Crippen LogP contribution < -0.4 is 4.74 Å². The number of amides is 1. The molecule has 6 nitrogen and oxygen atoms in total. The van der Waals surface area contributed by atoms with E-state index in [1.807, 2.05) is 30.1 Å². The Labute approximate surface area is 148 Å². The molecule has 1 aliphatic heterocycles. The van der Waals surface area contributed by atoms with Gasteiger partial charge in [-0.15, -0.1) is 0 Å². The zero-order chi connectivity index (χ0) is 17.6. The molecule has 1 saturated heterocycles. The van der Waals surface area contributed by atoms with Gasteiger partial charge in [-0.3, -0.25) is 9.89 Å². The summed E-state index contributed by atoms with van der Waals surface area (Å²) in [6, 6.07) is 6.56. The maximum Gasteiger partial charge on any atom is 0.274 e. The number of methoxy groups -OCH3 is 1. The van der Waals surface area contributed by atoms with Crippen LogP contribution in [0.5, 0.6) is 5.75 Å². The molecule has 25 heavy (non-hydrogen) atoms. The van der Waals surface area contributed by atoms with Gasteiger partial charge in [-0.1, -0.05) is 0 Å². The van der Waals surface area contributed by atoms with Gasteiger partial charge in [0.05, 0.1) is 12.6 Å². The van der Waals surface area contributed by atoms with E-state index in [-0.39, 0.29) is 5.91 Å². The molecule has 0 bridgehead atoms. The lowest BCUT2D eigenvalue weighted by molar-refractivity contribution is 0.0724. The normalized spacial score (nSPS) is 26.6. The number of rotatable bonds is 3. The van der Waals surface area contributed by atoms with Crippen LogP contribution in [0.1, 0.15) is 36.2 Å². The van der Waals surface area contributed by atoms with Gasteiger partial charge in [0.15, 0.2) is 5.69 Å². The monoisotopic (exact) mass is 342 g/mol. The van der Waals surface area contributed by atoms with Crippen molar-refractivity contribution in [1.82, 2.24) is 20.0 Å². The van der Waals surface area contributed by atoms with E-state index < -0.39 is 0 Å². The fourth-order valence-electron chi connectivity index (χ4n) is 4.62. The molecular formula is C19H26N4O2. The second kappa shape index (κ2) is 6.33. The molecule has 3 atom stereocenters. The van der Waals surface area contributed by atoms with Crippen molar-refractivity contribution in [2.75, 3.05) is 27.7 Å². The SMILES string of the molecule is COc1ccc2[nH]nc(C(=O)N(C)[C@@H]3CC4CCCN(C)C4C3)c2c1. The first-order chi connectivity index (χ1) is 12.1. The number of aromatic nitrogens is 2. The summed E-state index contributed by atoms with van der Waals surface area (Å²) < 4.78 is 5.29. The Morgan fingerprint density at radius 1 is 1.40 bits per heavy atom. The van der Waals surface area contributed by atoms with Crippen molar-refractivity contribution in [2.45, 2.75) is 37.8 Å². The zero-order valence-corrected chi connectivity index (χ0v) is 15.2. The van der Waals surface area contributed by atoms with Crippen LogP contribution in [0.15, 0.2) is 18.2 Å². The van der Waals surface area contributed by atoms with Crippen molar-refractivity contribution in [2.24, 2.45) is 5.92 Å². The maximum absolute atomic E-state index is 13.1. The fourth-order valence-corrected chi connectivity index (χ4v) is 4.62. The minimum Gasteiger partial charge on any atom is -0.497 e. The standard InChI is InChI=1S/C19H26N4O2/c1-22-8-4-5-12-9-13(10-17(12)22)23(2)19(24)18-15-11-14(25-3)6-7-16(15)20-21-18/h6-7,11-13,17H,4-5,8-10H2,1-3H3,(H,20,21)/t12?,13-,17?/m1/s1. The summed E-state index contributed by atoms with van der Waals surface area (Å²) in [7, 11) is 5.77. The van der Waals surface area contributed by atoms with E-state index in [0.717, 1.165) is 35.4 Å². The predicted molar refractivity (Wildman–Crippen MR) is 96.9 cm³/mol. The summed E-state index contributed by atoms with van der Waals surface area (Å²) >= 11 is 0. The number of piperidine rings is 1. The molecule has 2 aromatic rings. The summed E-state index contributed by atoms with van der Waals surface area (Å²) in [5.74, 6) is 1.44. The van der Waals surface area contributed by atoms with Gasteiger partial charge in [0, 0.05) is 24.5 Å². The van der Waals surface area contributed by atoms with E-state index in [1.165, 1.54) is 19.4 Å². The van der Waals surface area contributed by atoms with Gasteiger partial charge >= 0.3 is 0 Å². The molecule has 1 aliphatic carbocycles. The van der Waals surface area contributed by atoms with Crippen LogP contribution in [0.3, 0.4) is 0 Å². The van der Waals surface area contributed by atoms with Crippen LogP contribution in [-0.2, 0) is 0 Å². The number of likely N-dealkylation sites (tertiary alicyclic amines) is 1. The molecular weight excluding hydrogens is 316 g/mol. The number of nitrogens with zero attached hydrogens (tertiary/aromatic N) is 3. The van der Waals surface area contributed by atoms with E-state index in [0.29, 0.717) is 17.8 Å². The third-order valence-corrected chi connectivity index (χ3v) is 6.13. The smallest absolute Gasteiger partial charge is 0.274 e. The van der Waals surface area contributed by atoms with Crippen molar-refractivity contribution >= 4 is 16.8 Å². The van der Waals surface area contributed by atoms with Gasteiger partial charge in [-0.2, -0.15) is 5.10 Å². The number of benzene rings is 1. The molecule has 4 rings (SSSR count). The van der Waals surface area contributed by atoms with Gasteiger partial charge in [0.25, 0.3) is 5.91 Å². The molecule has 1 aromatic carbocycles. The number of hydrogen-bond acceptors (Lipinski definition) is 4. The van der Waals surface area contributed by atoms with E-state index >= 15 is 0 Å². The van der Waals surface area contributed by atoms with Crippen LogP contribution in [0.2, 0.25) is 0 Å². The van der Waals surface area contributed by atoms with Crippen LogP contribution in [0.4, 0.5) is 0 Å². The van der Waals surface area contributed by atoms with Crippen molar-refractivity contribution in [3.8, 4) is 5.75 Å². The summed E-state index contributed by atoms with van der Waals surface area (Å²) in [6.45, 7) is 1.18. The summed E-state index contributed by atoms with van der Waals surface area (Å²) in [5.41, 5.74) is 1.34. The zero-order valence-electron chi connectivity index (χ0n) is 15.2. The highest BCUT2D eigenvalue weighted by Crippen LogP contribution is 2.38. The number of nitrogens with one attached hydrogen (secondary N) is 1. The average molecular weight is 342 g/mol. The van der Waals surface area contributed by atoms with Crippen LogP contribution in [0.25, 0.3) is 10.9 Å². The molecule has 6 heteroatoms. The van der Waals surface area contributed by atoms with Crippen LogP contribution >= 0.6 is 0 Å². The Kier molecular flexibility index (Phi) is 4.15. The highest BCUT2D eigenvalue weighted by molar-refractivity contribution is 6.05. The van der Waals surface area contributed by atoms with E-state index in [1.54, 1.807) is 7.11 Å². The molecule has 1 saturated carbocycles. The van der Waals surface area contributed by atoms with Gasteiger partial charge in [-0.25, -0.2) is 0 Å². The molecule has 2 aliphatic rings. The molecule has 2 unspecified atom stereocenters.